The summed E-state index contributed by atoms with van der Waals surface area (Å²) in [5, 5.41) is 0. The second kappa shape index (κ2) is 8.76. The van der Waals surface area contributed by atoms with Crippen molar-refractivity contribution in [3.8, 4) is 0 Å². The van der Waals surface area contributed by atoms with E-state index in [1.54, 1.807) is 0 Å². The molecule has 0 aromatic carbocycles. The Hall–Kier alpha value is -0.330. The molecule has 0 atom stereocenters. The third kappa shape index (κ3) is 7.77. The summed E-state index contributed by atoms with van der Waals surface area (Å²) in [6, 6.07) is 0. The zero-order valence-corrected chi connectivity index (χ0v) is 8.57. The second-order valence-electron chi connectivity index (χ2n) is 3.45. The van der Waals surface area contributed by atoms with Crippen LogP contribution in [-0.4, -0.2) is 5.78 Å². The minimum Gasteiger partial charge on any atom is -0.300 e. The molecule has 0 heterocycles. The van der Waals surface area contributed by atoms with Gasteiger partial charge in [-0.1, -0.05) is 39.5 Å². The van der Waals surface area contributed by atoms with Gasteiger partial charge in [-0.05, 0) is 12.8 Å². The lowest BCUT2D eigenvalue weighted by atomic mass is 10.2. The topological polar surface area (TPSA) is 17.1 Å². The van der Waals surface area contributed by atoms with Crippen molar-refractivity contribution in [1.82, 2.24) is 0 Å². The Morgan fingerprint density at radius 3 is 1.58 bits per heavy atom. The summed E-state index contributed by atoms with van der Waals surface area (Å²) < 4.78 is 0. The molecule has 0 aliphatic heterocycles. The van der Waals surface area contributed by atoms with Crippen LogP contribution in [0.1, 0.15) is 65.2 Å². The van der Waals surface area contributed by atoms with Crippen molar-refractivity contribution in [2.75, 3.05) is 0 Å². The van der Waals surface area contributed by atoms with Crippen LogP contribution >= 0.6 is 0 Å². The average molecular weight is 170 g/mol. The Bertz CT molecular complexity index is 95.6. The van der Waals surface area contributed by atoms with Gasteiger partial charge in [-0.2, -0.15) is 0 Å². The van der Waals surface area contributed by atoms with Gasteiger partial charge in [-0.25, -0.2) is 0 Å². The first-order valence-electron chi connectivity index (χ1n) is 5.33. The standard InChI is InChI=1S/C6H14.C5H8O/c1-3-5-6-4-2;6-5-3-1-2-4-5/h3-6H2,1-2H3;1-4H2. The third-order valence-electron chi connectivity index (χ3n) is 2.12. The summed E-state index contributed by atoms with van der Waals surface area (Å²) in [5.74, 6) is 0.454. The van der Waals surface area contributed by atoms with Crippen LogP contribution in [0.3, 0.4) is 0 Å². The number of unbranched alkanes of at least 4 members (excludes halogenated alkanes) is 3. The van der Waals surface area contributed by atoms with E-state index in [-0.39, 0.29) is 0 Å². The normalized spacial score (nSPS) is 15.7. The maximum Gasteiger partial charge on any atom is 0.132 e. The first kappa shape index (κ1) is 11.7. The van der Waals surface area contributed by atoms with Crippen LogP contribution in [-0.2, 0) is 4.79 Å². The van der Waals surface area contributed by atoms with E-state index in [0.29, 0.717) is 5.78 Å². The highest BCUT2D eigenvalue weighted by atomic mass is 16.1. The number of carbonyl (C=O) groups excluding carboxylic acids is 1. The number of carbonyl (C=O) groups is 1. The summed E-state index contributed by atoms with van der Waals surface area (Å²) in [5.41, 5.74) is 0. The van der Waals surface area contributed by atoms with Gasteiger partial charge >= 0.3 is 0 Å². The van der Waals surface area contributed by atoms with Crippen LogP contribution in [0.4, 0.5) is 0 Å². The highest BCUT2D eigenvalue weighted by Crippen LogP contribution is 2.11. The van der Waals surface area contributed by atoms with E-state index in [1.807, 2.05) is 0 Å². The molecule has 1 heteroatoms. The van der Waals surface area contributed by atoms with Crippen molar-refractivity contribution in [3.63, 3.8) is 0 Å². The van der Waals surface area contributed by atoms with Crippen LogP contribution in [0.2, 0.25) is 0 Å². The third-order valence-corrected chi connectivity index (χ3v) is 2.12. The smallest absolute Gasteiger partial charge is 0.132 e. The summed E-state index contributed by atoms with van der Waals surface area (Å²) in [6.45, 7) is 4.46. The molecule has 0 radical (unpaired) electrons. The van der Waals surface area contributed by atoms with Crippen LogP contribution in [0, 0.1) is 0 Å². The molecule has 0 spiro atoms. The van der Waals surface area contributed by atoms with Gasteiger partial charge in [0.05, 0.1) is 0 Å². The molecule has 1 nitrogen and oxygen atoms in total. The van der Waals surface area contributed by atoms with Crippen LogP contribution in [0.25, 0.3) is 0 Å². The zero-order valence-electron chi connectivity index (χ0n) is 8.57. The molecule has 1 aliphatic rings. The van der Waals surface area contributed by atoms with Gasteiger partial charge < -0.3 is 0 Å². The van der Waals surface area contributed by atoms with Crippen molar-refractivity contribution < 1.29 is 4.79 Å². The summed E-state index contributed by atoms with van der Waals surface area (Å²) >= 11 is 0. The Balaban J connectivity index is 0.000000202. The van der Waals surface area contributed by atoms with Crippen molar-refractivity contribution in [3.05, 3.63) is 0 Å². The highest BCUT2D eigenvalue weighted by molar-refractivity contribution is 5.79. The summed E-state index contributed by atoms with van der Waals surface area (Å²) in [4.78, 5) is 10.2. The van der Waals surface area contributed by atoms with Crippen molar-refractivity contribution in [2.24, 2.45) is 0 Å². The molecule has 0 bridgehead atoms. The summed E-state index contributed by atoms with van der Waals surface area (Å²) in [7, 11) is 0. The van der Waals surface area contributed by atoms with Gasteiger partial charge in [0.1, 0.15) is 5.78 Å². The molecule has 1 aliphatic carbocycles. The van der Waals surface area contributed by atoms with Crippen molar-refractivity contribution in [1.29, 1.82) is 0 Å². The Labute approximate surface area is 76.6 Å². The minimum absolute atomic E-state index is 0.454. The molecule has 1 fully saturated rings. The van der Waals surface area contributed by atoms with E-state index in [2.05, 4.69) is 13.8 Å². The van der Waals surface area contributed by atoms with E-state index < -0.39 is 0 Å². The number of hydrogen-bond acceptors (Lipinski definition) is 1. The first-order valence-corrected chi connectivity index (χ1v) is 5.33. The Morgan fingerprint density at radius 2 is 1.42 bits per heavy atom. The molecule has 0 amide bonds. The highest BCUT2D eigenvalue weighted by Gasteiger charge is 2.07. The maximum atomic E-state index is 10.2. The fraction of sp³-hybridized carbons (Fsp3) is 0.909. The maximum absolute atomic E-state index is 10.2. The van der Waals surface area contributed by atoms with Gasteiger partial charge in [-0.15, -0.1) is 0 Å². The monoisotopic (exact) mass is 170 g/mol. The molecule has 1 rings (SSSR count). The van der Waals surface area contributed by atoms with Gasteiger partial charge in [0.25, 0.3) is 0 Å². The quantitative estimate of drug-likeness (QED) is 0.590. The zero-order chi connectivity index (χ0) is 9.23. The molecule has 0 aromatic rings. The number of hydrogen-bond donors (Lipinski definition) is 0. The number of ketones is 1. The van der Waals surface area contributed by atoms with E-state index in [0.717, 1.165) is 25.7 Å². The van der Waals surface area contributed by atoms with Crippen LogP contribution in [0.5, 0.6) is 0 Å². The van der Waals surface area contributed by atoms with Gasteiger partial charge in [0.2, 0.25) is 0 Å². The van der Waals surface area contributed by atoms with E-state index in [4.69, 9.17) is 0 Å². The van der Waals surface area contributed by atoms with Gasteiger partial charge in [-0.3, -0.25) is 4.79 Å². The predicted molar refractivity (Wildman–Crippen MR) is 53.3 cm³/mol. The molecule has 72 valence electrons. The lowest BCUT2D eigenvalue weighted by Gasteiger charge is -1.86. The molecule has 0 aromatic heterocycles. The SMILES string of the molecule is CCCCCC.O=C1CCCC1. The second-order valence-corrected chi connectivity index (χ2v) is 3.45. The van der Waals surface area contributed by atoms with E-state index in [1.165, 1.54) is 25.7 Å². The predicted octanol–water partition coefficient (Wildman–Crippen LogP) is 3.72. The molecule has 0 N–H and O–H groups in total. The van der Waals surface area contributed by atoms with Crippen LogP contribution < -0.4 is 0 Å². The van der Waals surface area contributed by atoms with Gasteiger partial charge in [0, 0.05) is 12.8 Å². The lowest BCUT2D eigenvalue weighted by Crippen LogP contribution is -1.81. The van der Waals surface area contributed by atoms with Crippen molar-refractivity contribution in [2.45, 2.75) is 65.2 Å². The fourth-order valence-corrected chi connectivity index (χ4v) is 1.27. The lowest BCUT2D eigenvalue weighted by molar-refractivity contribution is -0.117. The number of rotatable bonds is 3. The van der Waals surface area contributed by atoms with Crippen LogP contribution in [0.15, 0.2) is 0 Å². The molecule has 0 unspecified atom stereocenters. The Kier molecular flexibility index (Phi) is 8.52. The number of Topliss-reactive ketones (excluding diaryl/α,β-unsaturated/α-hetero) is 1. The van der Waals surface area contributed by atoms with E-state index >= 15 is 0 Å². The molecule has 0 saturated heterocycles. The summed E-state index contributed by atoms with van der Waals surface area (Å²) in [6.07, 6.45) is 9.51. The molecular weight excluding hydrogens is 148 g/mol. The van der Waals surface area contributed by atoms with Crippen molar-refractivity contribution >= 4 is 5.78 Å². The first-order chi connectivity index (χ1) is 5.81. The molecule has 1 saturated carbocycles. The largest absolute Gasteiger partial charge is 0.300 e. The average Bonchev–Trinajstić information content (AvgIpc) is 2.53. The minimum atomic E-state index is 0.454. The fourth-order valence-electron chi connectivity index (χ4n) is 1.27. The Morgan fingerprint density at radius 1 is 1.00 bits per heavy atom. The molecular formula is C11H22O. The van der Waals surface area contributed by atoms with E-state index in [9.17, 15) is 4.79 Å². The molecule has 12 heavy (non-hydrogen) atoms. The van der Waals surface area contributed by atoms with Gasteiger partial charge in [0.15, 0.2) is 0 Å².